The Balaban J connectivity index is 1.24. The van der Waals surface area contributed by atoms with Crippen LogP contribution in [0.3, 0.4) is 0 Å². The molecule has 0 bridgehead atoms. The first-order valence-corrected chi connectivity index (χ1v) is 20.6. The molecule has 0 spiro atoms. The Labute approximate surface area is 336 Å². The third-order valence-electron chi connectivity index (χ3n) is 14.0. The standard InChI is InChI=1S/C39H60N6O13/c1-42-38(41)44-15-24-19(4-3-9-46)10-22-31(33(24)51)34(52)30-23(32(22)50)12-21(56-2)13-25(30)57-37-35(53)36(54)39(55,26(17-47)58-37)14-20(18-7-8-43-27(40)11-18)16-45-28(48)5-6-29(45)49/h5-6,9,18-27,30-31,33,35-37,43,47,51,53-55H,3-4,7-8,10-17,40H2,1-2H3,(H3,41,42,44)/p+2/t18?,19?,20-,21?,22?,23?,24?,25?,26-,27?,30?,31?,33?,35-,36-,37+,39-/m1/s1. The lowest BCUT2D eigenvalue weighted by atomic mass is 9.53. The van der Waals surface area contributed by atoms with Gasteiger partial charge < -0.3 is 49.9 Å². The normalized spacial score (nSPS) is 42.6. The van der Waals surface area contributed by atoms with Crippen LogP contribution in [-0.4, -0.2) is 161 Å². The number of imide groups is 1. The van der Waals surface area contributed by atoms with Gasteiger partial charge in [-0.3, -0.25) is 45.9 Å². The number of nitrogens with one attached hydrogen (secondary N) is 2. The number of aldehydes is 1. The molecule has 6 aliphatic rings. The molecular weight excluding hydrogens is 760 g/mol. The van der Waals surface area contributed by atoms with Gasteiger partial charge in [-0.2, -0.15) is 0 Å². The first kappa shape index (κ1) is 44.3. The number of fused-ring (bicyclic) bond motifs is 2. The predicted octanol–water partition coefficient (Wildman–Crippen LogP) is -6.25. The Kier molecular flexibility index (Phi) is 14.2. The minimum atomic E-state index is -2.29. The highest BCUT2D eigenvalue weighted by Crippen LogP contribution is 2.51. The van der Waals surface area contributed by atoms with E-state index in [1.54, 1.807) is 7.05 Å². The molecule has 0 aromatic heterocycles. The zero-order valence-electron chi connectivity index (χ0n) is 33.1. The summed E-state index contributed by atoms with van der Waals surface area (Å²) in [6.07, 6.45) is -5.16. The molecule has 6 rings (SSSR count). The number of Topliss-reactive ketones (excluding diaryl/α,β-unsaturated/α-hetero) is 2. The summed E-state index contributed by atoms with van der Waals surface area (Å²) in [5.74, 6) is -6.83. The lowest BCUT2D eigenvalue weighted by Crippen LogP contribution is -2.94. The minimum Gasteiger partial charge on any atom is -0.394 e. The molecule has 13 N–H and O–H groups in total. The average molecular weight is 823 g/mol. The van der Waals surface area contributed by atoms with E-state index < -0.39 is 108 Å². The summed E-state index contributed by atoms with van der Waals surface area (Å²) in [4.78, 5) is 69.4. The molecule has 3 aliphatic heterocycles. The van der Waals surface area contributed by atoms with E-state index in [-0.39, 0.29) is 74.9 Å². The third kappa shape index (κ3) is 8.66. The summed E-state index contributed by atoms with van der Waals surface area (Å²) >= 11 is 0. The number of piperidine rings is 1. The van der Waals surface area contributed by atoms with Gasteiger partial charge in [0.2, 0.25) is 0 Å². The summed E-state index contributed by atoms with van der Waals surface area (Å²) in [7, 11) is 3.09. The molecule has 3 aliphatic carbocycles. The molecule has 3 saturated carbocycles. The van der Waals surface area contributed by atoms with Crippen molar-refractivity contribution in [3.63, 3.8) is 0 Å². The number of nitrogens with two attached hydrogens (primary N) is 3. The molecule has 17 atom stereocenters. The van der Waals surface area contributed by atoms with Crippen LogP contribution in [0.2, 0.25) is 0 Å². The molecule has 2 saturated heterocycles. The molecule has 2 amide bonds. The molecule has 3 heterocycles. The Hall–Kier alpha value is -3.24. The van der Waals surface area contributed by atoms with Gasteiger partial charge in [-0.05, 0) is 49.9 Å². The monoisotopic (exact) mass is 822 g/mol. The van der Waals surface area contributed by atoms with Gasteiger partial charge in [0, 0.05) is 62.8 Å². The van der Waals surface area contributed by atoms with E-state index in [2.05, 4.69) is 10.3 Å². The van der Waals surface area contributed by atoms with Crippen LogP contribution >= 0.6 is 0 Å². The second-order valence-electron chi connectivity index (χ2n) is 17.2. The molecule has 19 nitrogen and oxygen atoms in total. The molecule has 19 heteroatoms. The van der Waals surface area contributed by atoms with Gasteiger partial charge in [-0.1, -0.05) is 0 Å². The van der Waals surface area contributed by atoms with Crippen molar-refractivity contribution in [3.05, 3.63) is 12.2 Å². The number of guanidine groups is 1. The summed E-state index contributed by atoms with van der Waals surface area (Å²) in [5.41, 5.74) is 9.90. The topological polar surface area (TPSA) is 312 Å². The van der Waals surface area contributed by atoms with E-state index in [0.29, 0.717) is 25.8 Å². The molecule has 11 unspecified atom stereocenters. The SMILES string of the molecule is C[NH+]=C(N)NCC1C(CCC=O)CC2C(=O)C3CC(OC)CC(O[C@H]4O[C@H](CO)[C@](O)(C[C@H](CN5C(=O)C=CC5=O)C5CC[NH2+]C(N)C5)[C@H](O)[C@H]4O)C3C(=O)C2C1O. The van der Waals surface area contributed by atoms with Crippen molar-refractivity contribution in [3.8, 4) is 0 Å². The van der Waals surface area contributed by atoms with Crippen LogP contribution in [0.4, 0.5) is 0 Å². The van der Waals surface area contributed by atoms with Crippen LogP contribution in [0, 0.1) is 47.3 Å². The summed E-state index contributed by atoms with van der Waals surface area (Å²) < 4.78 is 18.1. The largest absolute Gasteiger partial charge is 0.394 e. The van der Waals surface area contributed by atoms with Gasteiger partial charge in [0.05, 0.1) is 56.9 Å². The summed E-state index contributed by atoms with van der Waals surface area (Å²) in [6, 6.07) is 0. The van der Waals surface area contributed by atoms with Crippen molar-refractivity contribution in [2.24, 2.45) is 58.8 Å². The van der Waals surface area contributed by atoms with E-state index in [4.69, 9.17) is 25.7 Å². The number of amides is 2. The van der Waals surface area contributed by atoms with Gasteiger partial charge in [0.1, 0.15) is 47.9 Å². The first-order chi connectivity index (χ1) is 27.7. The van der Waals surface area contributed by atoms with E-state index in [9.17, 15) is 49.5 Å². The minimum absolute atomic E-state index is 0.0917. The third-order valence-corrected chi connectivity index (χ3v) is 14.0. The van der Waals surface area contributed by atoms with Crippen molar-refractivity contribution in [2.45, 2.75) is 106 Å². The number of carbonyl (C=O) groups is 5. The predicted molar refractivity (Wildman–Crippen MR) is 200 cm³/mol. The van der Waals surface area contributed by atoms with Crippen LogP contribution in [-0.2, 0) is 38.2 Å². The molecule has 0 radical (unpaired) electrons. The number of methoxy groups -OCH3 is 1. The molecule has 58 heavy (non-hydrogen) atoms. The van der Waals surface area contributed by atoms with Crippen molar-refractivity contribution >= 4 is 35.6 Å². The number of aliphatic hydroxyl groups is 5. The van der Waals surface area contributed by atoms with E-state index in [1.165, 1.54) is 7.11 Å². The van der Waals surface area contributed by atoms with E-state index >= 15 is 0 Å². The highest BCUT2D eigenvalue weighted by Gasteiger charge is 2.62. The molecule has 0 aromatic rings. The van der Waals surface area contributed by atoms with Crippen LogP contribution in [0.15, 0.2) is 12.2 Å². The number of rotatable bonds is 14. The smallest absolute Gasteiger partial charge is 0.340 e. The molecule has 5 fully saturated rings. The first-order valence-electron chi connectivity index (χ1n) is 20.6. The van der Waals surface area contributed by atoms with Gasteiger partial charge >= 0.3 is 5.96 Å². The van der Waals surface area contributed by atoms with Crippen LogP contribution in [0.1, 0.15) is 51.4 Å². The van der Waals surface area contributed by atoms with Gasteiger partial charge in [0.15, 0.2) is 6.29 Å². The maximum absolute atomic E-state index is 14.7. The fraction of sp³-hybridized carbons (Fsp3) is 0.795. The molecule has 324 valence electrons. The van der Waals surface area contributed by atoms with Crippen molar-refractivity contribution in [1.29, 1.82) is 0 Å². The molecule has 0 aromatic carbocycles. The zero-order chi connectivity index (χ0) is 42.1. The van der Waals surface area contributed by atoms with Crippen molar-refractivity contribution in [2.75, 3.05) is 40.4 Å². The fourth-order valence-corrected chi connectivity index (χ4v) is 10.9. The Morgan fingerprint density at radius 2 is 1.79 bits per heavy atom. The van der Waals surface area contributed by atoms with E-state index in [0.717, 1.165) is 23.3 Å². The quantitative estimate of drug-likeness (QED) is 0.0337. The number of ketones is 2. The van der Waals surface area contributed by atoms with Gasteiger partial charge in [0.25, 0.3) is 11.8 Å². The lowest BCUT2D eigenvalue weighted by molar-refractivity contribution is -0.699. The average Bonchev–Trinajstić information content (AvgIpc) is 3.53. The van der Waals surface area contributed by atoms with Crippen LogP contribution in [0.5, 0.6) is 0 Å². The number of aliphatic hydroxyl groups excluding tert-OH is 4. The Bertz CT molecular complexity index is 1580. The lowest BCUT2D eigenvalue weighted by Gasteiger charge is -2.53. The van der Waals surface area contributed by atoms with Crippen LogP contribution < -0.4 is 27.1 Å². The number of hydrogen-bond donors (Lipinski definition) is 10. The number of carbonyl (C=O) groups excluding carboxylic acids is 5. The Morgan fingerprint density at radius 3 is 2.43 bits per heavy atom. The van der Waals surface area contributed by atoms with Crippen LogP contribution in [0.25, 0.3) is 0 Å². The zero-order valence-corrected chi connectivity index (χ0v) is 33.1. The van der Waals surface area contributed by atoms with Crippen molar-refractivity contribution < 1.29 is 74.0 Å². The maximum atomic E-state index is 14.7. The summed E-state index contributed by atoms with van der Waals surface area (Å²) in [5, 5.41) is 63.0. The van der Waals surface area contributed by atoms with Gasteiger partial charge in [-0.25, -0.2) is 0 Å². The highest BCUT2D eigenvalue weighted by atomic mass is 16.7. The number of hydrogen-bond acceptors (Lipinski definition) is 14. The second-order valence-corrected chi connectivity index (χ2v) is 17.2. The summed E-state index contributed by atoms with van der Waals surface area (Å²) in [6.45, 7) is -0.0961. The fourth-order valence-electron chi connectivity index (χ4n) is 10.9. The molecular formula is C39H62N6O13+2. The number of ether oxygens (including phenoxy) is 3. The number of quaternary nitrogens is 1. The Morgan fingerprint density at radius 1 is 1.09 bits per heavy atom. The highest BCUT2D eigenvalue weighted by molar-refractivity contribution is 6.12. The second kappa shape index (κ2) is 18.6. The van der Waals surface area contributed by atoms with Gasteiger partial charge in [-0.15, -0.1) is 0 Å². The van der Waals surface area contributed by atoms with E-state index in [1.807, 2.05) is 5.32 Å². The number of nitrogens with zero attached hydrogens (tertiary/aromatic N) is 1. The maximum Gasteiger partial charge on any atom is 0.340 e. The van der Waals surface area contributed by atoms with Crippen molar-refractivity contribution in [1.82, 2.24) is 10.2 Å².